The van der Waals surface area contributed by atoms with Gasteiger partial charge in [0, 0.05) is 17.0 Å². The molecule has 2 aromatic rings. The maximum Gasteiger partial charge on any atom is 0.339 e. The van der Waals surface area contributed by atoms with E-state index in [1.807, 2.05) is 43.3 Å². The average molecular weight is 359 g/mol. The van der Waals surface area contributed by atoms with Crippen LogP contribution in [0.25, 0.3) is 0 Å². The number of thioether (sulfide) groups is 1. The Morgan fingerprint density at radius 1 is 1.08 bits per heavy atom. The van der Waals surface area contributed by atoms with Crippen molar-refractivity contribution < 1.29 is 19.1 Å². The Morgan fingerprint density at radius 3 is 2.56 bits per heavy atom. The summed E-state index contributed by atoms with van der Waals surface area (Å²) in [5.74, 6) is 0.693. The second kappa shape index (κ2) is 9.74. The summed E-state index contributed by atoms with van der Waals surface area (Å²) < 4.78 is 10.4. The van der Waals surface area contributed by atoms with E-state index in [4.69, 9.17) is 9.47 Å². The number of hydrogen-bond acceptors (Lipinski definition) is 5. The van der Waals surface area contributed by atoms with Crippen LogP contribution in [0.1, 0.15) is 22.8 Å². The highest BCUT2D eigenvalue weighted by atomic mass is 32.2. The zero-order valence-electron chi connectivity index (χ0n) is 14.3. The SMILES string of the molecule is CCSc1ccccc1C(=O)OCC(=O)NCc1ccccc1OC. The summed E-state index contributed by atoms with van der Waals surface area (Å²) >= 11 is 1.56. The van der Waals surface area contributed by atoms with Crippen molar-refractivity contribution in [2.45, 2.75) is 18.4 Å². The number of nitrogens with one attached hydrogen (secondary N) is 1. The third-order valence-corrected chi connectivity index (χ3v) is 4.37. The second-order valence-corrected chi connectivity index (χ2v) is 6.40. The molecule has 0 aliphatic heterocycles. The van der Waals surface area contributed by atoms with E-state index >= 15 is 0 Å². The molecule has 1 amide bonds. The predicted molar refractivity (Wildman–Crippen MR) is 98.0 cm³/mol. The van der Waals surface area contributed by atoms with Crippen molar-refractivity contribution >= 4 is 23.6 Å². The first-order valence-electron chi connectivity index (χ1n) is 7.93. The number of benzene rings is 2. The number of carbonyl (C=O) groups excluding carboxylic acids is 2. The number of rotatable bonds is 8. The minimum atomic E-state index is -0.496. The van der Waals surface area contributed by atoms with E-state index in [1.165, 1.54) is 0 Å². The lowest BCUT2D eigenvalue weighted by Crippen LogP contribution is -2.28. The van der Waals surface area contributed by atoms with Gasteiger partial charge in [0.15, 0.2) is 6.61 Å². The largest absolute Gasteiger partial charge is 0.496 e. The van der Waals surface area contributed by atoms with E-state index in [-0.39, 0.29) is 12.5 Å². The molecule has 0 fully saturated rings. The molecule has 0 spiro atoms. The van der Waals surface area contributed by atoms with Gasteiger partial charge in [-0.25, -0.2) is 4.79 Å². The first kappa shape index (κ1) is 18.9. The summed E-state index contributed by atoms with van der Waals surface area (Å²) in [6.45, 7) is 2.00. The van der Waals surface area contributed by atoms with Crippen LogP contribution in [0.4, 0.5) is 0 Å². The number of para-hydroxylation sites is 1. The lowest BCUT2D eigenvalue weighted by atomic mass is 10.2. The number of amides is 1. The van der Waals surface area contributed by atoms with Crippen molar-refractivity contribution in [2.75, 3.05) is 19.5 Å². The van der Waals surface area contributed by atoms with Crippen molar-refractivity contribution in [3.63, 3.8) is 0 Å². The number of hydrogen-bond donors (Lipinski definition) is 1. The third kappa shape index (κ3) is 5.53. The van der Waals surface area contributed by atoms with Gasteiger partial charge in [-0.05, 0) is 24.0 Å². The first-order valence-corrected chi connectivity index (χ1v) is 8.91. The number of ether oxygens (including phenoxy) is 2. The van der Waals surface area contributed by atoms with Crippen LogP contribution < -0.4 is 10.1 Å². The zero-order valence-corrected chi connectivity index (χ0v) is 15.1. The molecule has 0 atom stereocenters. The van der Waals surface area contributed by atoms with Gasteiger partial charge in [-0.2, -0.15) is 0 Å². The third-order valence-electron chi connectivity index (χ3n) is 3.41. The van der Waals surface area contributed by atoms with Gasteiger partial charge in [0.25, 0.3) is 5.91 Å². The maximum atomic E-state index is 12.2. The summed E-state index contributed by atoms with van der Waals surface area (Å²) in [6, 6.07) is 14.6. The number of esters is 1. The van der Waals surface area contributed by atoms with Crippen molar-refractivity contribution in [3.05, 3.63) is 59.7 Å². The predicted octanol–water partition coefficient (Wildman–Crippen LogP) is 3.28. The molecule has 0 radical (unpaired) electrons. The Balaban J connectivity index is 1.86. The molecule has 0 heterocycles. The molecular formula is C19H21NO4S. The van der Waals surface area contributed by atoms with Gasteiger partial charge in [0.05, 0.1) is 12.7 Å². The zero-order chi connectivity index (χ0) is 18.1. The van der Waals surface area contributed by atoms with E-state index in [0.717, 1.165) is 16.2 Å². The van der Waals surface area contributed by atoms with Crippen LogP contribution in [0.5, 0.6) is 5.75 Å². The summed E-state index contributed by atoms with van der Waals surface area (Å²) in [4.78, 5) is 25.0. The van der Waals surface area contributed by atoms with Gasteiger partial charge in [0.2, 0.25) is 0 Å². The molecule has 1 N–H and O–H groups in total. The molecule has 6 heteroatoms. The van der Waals surface area contributed by atoms with E-state index in [9.17, 15) is 9.59 Å². The summed E-state index contributed by atoms with van der Waals surface area (Å²) in [7, 11) is 1.58. The van der Waals surface area contributed by atoms with E-state index < -0.39 is 5.97 Å². The normalized spacial score (nSPS) is 10.2. The Labute approximate surface area is 151 Å². The van der Waals surface area contributed by atoms with Crippen LogP contribution in [0, 0.1) is 0 Å². The molecule has 0 aliphatic rings. The fraction of sp³-hybridized carbons (Fsp3) is 0.263. The molecule has 2 aromatic carbocycles. The number of methoxy groups -OCH3 is 1. The van der Waals surface area contributed by atoms with Gasteiger partial charge in [0.1, 0.15) is 5.75 Å². The van der Waals surface area contributed by atoms with Gasteiger partial charge >= 0.3 is 5.97 Å². The fourth-order valence-electron chi connectivity index (χ4n) is 2.22. The van der Waals surface area contributed by atoms with Crippen LogP contribution >= 0.6 is 11.8 Å². The highest BCUT2D eigenvalue weighted by Crippen LogP contribution is 2.22. The van der Waals surface area contributed by atoms with E-state index in [2.05, 4.69) is 5.32 Å². The molecule has 25 heavy (non-hydrogen) atoms. The van der Waals surface area contributed by atoms with Gasteiger partial charge < -0.3 is 14.8 Å². The minimum Gasteiger partial charge on any atom is -0.496 e. The van der Waals surface area contributed by atoms with Crippen LogP contribution in [0.15, 0.2) is 53.4 Å². The Morgan fingerprint density at radius 2 is 1.80 bits per heavy atom. The van der Waals surface area contributed by atoms with Gasteiger partial charge in [-0.3, -0.25) is 4.79 Å². The highest BCUT2D eigenvalue weighted by molar-refractivity contribution is 7.99. The molecule has 0 saturated heterocycles. The Bertz CT molecular complexity index is 733. The van der Waals surface area contributed by atoms with Crippen LogP contribution in [0.2, 0.25) is 0 Å². The summed E-state index contributed by atoms with van der Waals surface area (Å²) in [5.41, 5.74) is 1.33. The van der Waals surface area contributed by atoms with Gasteiger partial charge in [-0.1, -0.05) is 37.3 Å². The monoisotopic (exact) mass is 359 g/mol. The van der Waals surface area contributed by atoms with Crippen LogP contribution in [-0.4, -0.2) is 31.3 Å². The summed E-state index contributed by atoms with van der Waals surface area (Å²) in [6.07, 6.45) is 0. The summed E-state index contributed by atoms with van der Waals surface area (Å²) in [5, 5.41) is 2.72. The first-order chi connectivity index (χ1) is 12.2. The molecule has 0 saturated carbocycles. The average Bonchev–Trinajstić information content (AvgIpc) is 2.65. The quantitative estimate of drug-likeness (QED) is 0.579. The molecule has 5 nitrogen and oxygen atoms in total. The highest BCUT2D eigenvalue weighted by Gasteiger charge is 2.14. The molecule has 0 unspecified atom stereocenters. The maximum absolute atomic E-state index is 12.2. The van der Waals surface area contributed by atoms with Crippen molar-refractivity contribution in [1.29, 1.82) is 0 Å². The molecule has 0 aliphatic carbocycles. The molecular weight excluding hydrogens is 338 g/mol. The van der Waals surface area contributed by atoms with Crippen molar-refractivity contribution in [1.82, 2.24) is 5.32 Å². The lowest BCUT2D eigenvalue weighted by Gasteiger charge is -2.11. The lowest BCUT2D eigenvalue weighted by molar-refractivity contribution is -0.124. The Hall–Kier alpha value is -2.47. The Kier molecular flexibility index (Phi) is 7.35. The van der Waals surface area contributed by atoms with Crippen molar-refractivity contribution in [3.8, 4) is 5.75 Å². The smallest absolute Gasteiger partial charge is 0.339 e. The van der Waals surface area contributed by atoms with Crippen molar-refractivity contribution in [2.24, 2.45) is 0 Å². The molecule has 0 bridgehead atoms. The van der Waals surface area contributed by atoms with E-state index in [0.29, 0.717) is 17.9 Å². The van der Waals surface area contributed by atoms with Gasteiger partial charge in [-0.15, -0.1) is 11.8 Å². The van der Waals surface area contributed by atoms with Crippen LogP contribution in [0.3, 0.4) is 0 Å². The standard InChI is InChI=1S/C19H21NO4S/c1-3-25-17-11-7-5-9-15(17)19(22)24-13-18(21)20-12-14-8-4-6-10-16(14)23-2/h4-11H,3,12-13H2,1-2H3,(H,20,21). The second-order valence-electron chi connectivity index (χ2n) is 5.09. The molecule has 132 valence electrons. The molecule has 2 rings (SSSR count). The topological polar surface area (TPSA) is 64.6 Å². The minimum absolute atomic E-state index is 0.308. The fourth-order valence-corrected chi connectivity index (χ4v) is 3.01. The van der Waals surface area contributed by atoms with Crippen LogP contribution in [-0.2, 0) is 16.1 Å². The number of carbonyl (C=O) groups is 2. The molecule has 0 aromatic heterocycles. The van der Waals surface area contributed by atoms with E-state index in [1.54, 1.807) is 31.0 Å².